The van der Waals surface area contributed by atoms with Crippen molar-refractivity contribution in [3.8, 4) is 0 Å². The monoisotopic (exact) mass is 403 g/mol. The number of nitrogens with one attached hydrogen (secondary N) is 2. The third-order valence-corrected chi connectivity index (χ3v) is 4.34. The average molecular weight is 403 g/mol. The molecule has 2 aromatic rings. The van der Waals surface area contributed by atoms with E-state index in [2.05, 4.69) is 43.5 Å². The lowest BCUT2D eigenvalue weighted by Crippen LogP contribution is -2.39. The highest BCUT2D eigenvalue weighted by Crippen LogP contribution is 2.22. The van der Waals surface area contributed by atoms with E-state index in [0.717, 1.165) is 17.7 Å². The molecule has 0 radical (unpaired) electrons. The Morgan fingerprint density at radius 3 is 2.21 bits per heavy atom. The Morgan fingerprint density at radius 2 is 1.62 bits per heavy atom. The Hall–Kier alpha value is -2.80. The molecule has 7 heteroatoms. The molecule has 0 saturated heterocycles. The number of benzene rings is 2. The Morgan fingerprint density at radius 1 is 0.966 bits per heavy atom. The van der Waals surface area contributed by atoms with Crippen LogP contribution in [0, 0.1) is 11.6 Å². The van der Waals surface area contributed by atoms with E-state index in [9.17, 15) is 18.4 Å². The van der Waals surface area contributed by atoms with Crippen molar-refractivity contribution in [1.82, 2.24) is 10.2 Å². The van der Waals surface area contributed by atoms with Crippen LogP contribution >= 0.6 is 0 Å². The number of likely N-dealkylation sites (N-methyl/N-ethyl adjacent to an activating group) is 1. The van der Waals surface area contributed by atoms with Crippen LogP contribution < -0.4 is 10.6 Å². The number of halogens is 2. The first-order valence-electron chi connectivity index (χ1n) is 9.34. The number of rotatable bonds is 7. The zero-order valence-corrected chi connectivity index (χ0v) is 17.2. The Balaban J connectivity index is 1.76. The summed E-state index contributed by atoms with van der Waals surface area (Å²) in [5, 5.41) is 4.92. The van der Waals surface area contributed by atoms with Gasteiger partial charge in [-0.1, -0.05) is 45.0 Å². The van der Waals surface area contributed by atoms with Crippen LogP contribution in [0.15, 0.2) is 42.5 Å². The van der Waals surface area contributed by atoms with Crippen molar-refractivity contribution in [2.24, 2.45) is 0 Å². The van der Waals surface area contributed by atoms with E-state index in [1.165, 1.54) is 11.6 Å². The molecule has 0 heterocycles. The molecule has 0 aliphatic carbocycles. The summed E-state index contributed by atoms with van der Waals surface area (Å²) in [4.78, 5) is 25.7. The lowest BCUT2D eigenvalue weighted by molar-refractivity contribution is -0.124. The van der Waals surface area contributed by atoms with Crippen molar-refractivity contribution in [2.45, 2.75) is 32.7 Å². The molecule has 5 nitrogen and oxygen atoms in total. The number of hydrogen-bond donors (Lipinski definition) is 2. The second kappa shape index (κ2) is 9.60. The summed E-state index contributed by atoms with van der Waals surface area (Å²) >= 11 is 0. The smallest absolute Gasteiger partial charge is 0.243 e. The molecular formula is C22H27F2N3O2. The molecular weight excluding hydrogens is 376 g/mol. The molecule has 0 fully saturated rings. The van der Waals surface area contributed by atoms with E-state index in [-0.39, 0.29) is 30.1 Å². The fourth-order valence-electron chi connectivity index (χ4n) is 2.74. The first-order valence-corrected chi connectivity index (χ1v) is 9.34. The number of hydrogen-bond acceptors (Lipinski definition) is 3. The molecule has 0 spiro atoms. The van der Waals surface area contributed by atoms with Gasteiger partial charge in [0.25, 0.3) is 0 Å². The van der Waals surface area contributed by atoms with Gasteiger partial charge >= 0.3 is 0 Å². The lowest BCUT2D eigenvalue weighted by atomic mass is 9.87. The molecule has 0 aliphatic rings. The number of nitrogens with zero attached hydrogens (tertiary/aromatic N) is 1. The number of carbonyl (C=O) groups excluding carboxylic acids is 2. The first-order chi connectivity index (χ1) is 13.5. The minimum Gasteiger partial charge on any atom is -0.346 e. The largest absolute Gasteiger partial charge is 0.346 e. The number of carbonyl (C=O) groups is 2. The topological polar surface area (TPSA) is 61.4 Å². The quantitative estimate of drug-likeness (QED) is 0.744. The Labute approximate surface area is 170 Å². The van der Waals surface area contributed by atoms with Gasteiger partial charge in [0.2, 0.25) is 11.8 Å². The van der Waals surface area contributed by atoms with Gasteiger partial charge in [-0.15, -0.1) is 0 Å². The van der Waals surface area contributed by atoms with Crippen LogP contribution in [0.4, 0.5) is 14.5 Å². The van der Waals surface area contributed by atoms with Gasteiger partial charge in [0.15, 0.2) is 11.6 Å². The summed E-state index contributed by atoms with van der Waals surface area (Å²) in [5.41, 5.74) is 2.54. The third-order valence-electron chi connectivity index (χ3n) is 4.34. The predicted molar refractivity (Wildman–Crippen MR) is 109 cm³/mol. The van der Waals surface area contributed by atoms with Crippen LogP contribution in [0.2, 0.25) is 0 Å². The van der Waals surface area contributed by atoms with Crippen LogP contribution in [0.3, 0.4) is 0 Å². The second-order valence-electron chi connectivity index (χ2n) is 8.07. The van der Waals surface area contributed by atoms with Gasteiger partial charge in [0.05, 0.1) is 13.1 Å². The van der Waals surface area contributed by atoms with Gasteiger partial charge in [-0.25, -0.2) is 8.78 Å². The normalized spacial score (nSPS) is 11.4. The molecule has 2 N–H and O–H groups in total. The molecule has 0 bridgehead atoms. The van der Waals surface area contributed by atoms with Crippen molar-refractivity contribution in [1.29, 1.82) is 0 Å². The van der Waals surface area contributed by atoms with Gasteiger partial charge in [-0.2, -0.15) is 0 Å². The number of anilines is 1. The standard InChI is InChI=1S/C22H27F2N3O2/c1-22(2,3)16-7-5-15(6-8-16)13-27(4)14-21(29)25-12-20(28)26-17-9-10-18(23)19(24)11-17/h5-11H,12-14H2,1-4H3,(H,25,29)(H,26,28). The van der Waals surface area contributed by atoms with Crippen molar-refractivity contribution < 1.29 is 18.4 Å². The summed E-state index contributed by atoms with van der Waals surface area (Å²) in [6.07, 6.45) is 0. The van der Waals surface area contributed by atoms with Crippen LogP contribution in [-0.2, 0) is 21.5 Å². The maximum atomic E-state index is 13.1. The lowest BCUT2D eigenvalue weighted by Gasteiger charge is -2.20. The van der Waals surface area contributed by atoms with Crippen LogP contribution in [-0.4, -0.2) is 36.9 Å². The van der Waals surface area contributed by atoms with Crippen LogP contribution in [0.25, 0.3) is 0 Å². The number of amides is 2. The van der Waals surface area contributed by atoms with Gasteiger partial charge in [0.1, 0.15) is 0 Å². The van der Waals surface area contributed by atoms with E-state index in [1.54, 1.807) is 0 Å². The Kier molecular flexibility index (Phi) is 7.45. The fraction of sp³-hybridized carbons (Fsp3) is 0.364. The van der Waals surface area contributed by atoms with E-state index in [0.29, 0.717) is 6.54 Å². The molecule has 0 aliphatic heterocycles. The van der Waals surface area contributed by atoms with E-state index >= 15 is 0 Å². The molecule has 2 amide bonds. The minimum absolute atomic E-state index is 0.0879. The van der Waals surface area contributed by atoms with Crippen molar-refractivity contribution >= 4 is 17.5 Å². The fourth-order valence-corrected chi connectivity index (χ4v) is 2.74. The van der Waals surface area contributed by atoms with Crippen molar-refractivity contribution in [2.75, 3.05) is 25.5 Å². The highest BCUT2D eigenvalue weighted by molar-refractivity contribution is 5.94. The van der Waals surface area contributed by atoms with E-state index < -0.39 is 17.5 Å². The predicted octanol–water partition coefficient (Wildman–Crippen LogP) is 3.45. The van der Waals surface area contributed by atoms with Crippen molar-refractivity contribution in [3.05, 3.63) is 65.2 Å². The molecule has 0 aromatic heterocycles. The summed E-state index contributed by atoms with van der Waals surface area (Å²) in [5.74, 6) is -2.87. The molecule has 29 heavy (non-hydrogen) atoms. The SMILES string of the molecule is CN(CC(=O)NCC(=O)Nc1ccc(F)c(F)c1)Cc1ccc(C(C)(C)C)cc1. The maximum Gasteiger partial charge on any atom is 0.243 e. The zero-order valence-electron chi connectivity index (χ0n) is 17.2. The molecule has 0 saturated carbocycles. The highest BCUT2D eigenvalue weighted by atomic mass is 19.2. The summed E-state index contributed by atoms with van der Waals surface area (Å²) in [7, 11) is 1.82. The second-order valence-corrected chi connectivity index (χ2v) is 8.07. The summed E-state index contributed by atoms with van der Waals surface area (Å²) in [6, 6.07) is 11.3. The average Bonchev–Trinajstić information content (AvgIpc) is 2.62. The third kappa shape index (κ3) is 7.27. The minimum atomic E-state index is -1.05. The first kappa shape index (κ1) is 22.5. The zero-order chi connectivity index (χ0) is 21.6. The Bertz CT molecular complexity index is 861. The molecule has 0 atom stereocenters. The van der Waals surface area contributed by atoms with Gasteiger partial charge in [-0.05, 0) is 35.7 Å². The molecule has 2 aromatic carbocycles. The van der Waals surface area contributed by atoms with Gasteiger partial charge in [-0.3, -0.25) is 14.5 Å². The highest BCUT2D eigenvalue weighted by Gasteiger charge is 2.14. The molecule has 0 unspecified atom stereocenters. The van der Waals surface area contributed by atoms with Gasteiger partial charge < -0.3 is 10.6 Å². The van der Waals surface area contributed by atoms with Gasteiger partial charge in [0, 0.05) is 18.3 Å². The van der Waals surface area contributed by atoms with E-state index in [4.69, 9.17) is 0 Å². The molecule has 2 rings (SSSR count). The van der Waals surface area contributed by atoms with E-state index in [1.807, 2.05) is 24.1 Å². The van der Waals surface area contributed by atoms with Crippen molar-refractivity contribution in [3.63, 3.8) is 0 Å². The maximum absolute atomic E-state index is 13.1. The summed E-state index contributed by atoms with van der Waals surface area (Å²) < 4.78 is 26.0. The summed E-state index contributed by atoms with van der Waals surface area (Å²) in [6.45, 7) is 6.92. The molecule has 156 valence electrons. The van der Waals surface area contributed by atoms with Crippen LogP contribution in [0.5, 0.6) is 0 Å². The van der Waals surface area contributed by atoms with Crippen LogP contribution in [0.1, 0.15) is 31.9 Å².